The highest BCUT2D eigenvalue weighted by atomic mass is 35.5. The zero-order chi connectivity index (χ0) is 11.6. The van der Waals surface area contributed by atoms with Crippen LogP contribution in [-0.2, 0) is 11.0 Å². The van der Waals surface area contributed by atoms with E-state index in [0.717, 1.165) is 12.1 Å². The van der Waals surface area contributed by atoms with Crippen molar-refractivity contribution in [3.63, 3.8) is 0 Å². The van der Waals surface area contributed by atoms with Crippen LogP contribution < -0.4 is 5.32 Å². The minimum Gasteiger partial charge on any atom is -0.326 e. The van der Waals surface area contributed by atoms with Crippen molar-refractivity contribution in [1.29, 1.82) is 0 Å². The summed E-state index contributed by atoms with van der Waals surface area (Å²) in [7, 11) is 0. The van der Waals surface area contributed by atoms with Gasteiger partial charge in [0.25, 0.3) is 0 Å². The van der Waals surface area contributed by atoms with Gasteiger partial charge in [-0.1, -0.05) is 23.2 Å². The molecule has 1 amide bonds. The predicted molar refractivity (Wildman–Crippen MR) is 51.2 cm³/mol. The molecule has 1 rings (SSSR count). The van der Waals surface area contributed by atoms with Crippen molar-refractivity contribution in [3.8, 4) is 0 Å². The Hall–Kier alpha value is -0.940. The summed E-state index contributed by atoms with van der Waals surface area (Å²) < 4.78 is 37.1. The maximum atomic E-state index is 12.4. The quantitative estimate of drug-likeness (QED) is 0.807. The van der Waals surface area contributed by atoms with E-state index in [1.165, 1.54) is 0 Å². The first-order valence-corrected chi connectivity index (χ1v) is 4.39. The maximum Gasteiger partial charge on any atom is 0.417 e. The fourth-order valence-electron chi connectivity index (χ4n) is 0.963. The Kier molecular flexibility index (Phi) is 3.46. The molecule has 0 aliphatic heterocycles. The SMILES string of the molecule is O=CNc1c(Cl)ccc(C(F)(F)F)c1Cl. The normalized spacial score (nSPS) is 11.3. The molecule has 2 nitrogen and oxygen atoms in total. The summed E-state index contributed by atoms with van der Waals surface area (Å²) in [6, 6.07) is 1.77. The molecule has 0 aromatic heterocycles. The predicted octanol–water partition coefficient (Wildman–Crippen LogP) is 3.58. The average molecular weight is 258 g/mol. The lowest BCUT2D eigenvalue weighted by atomic mass is 10.2. The molecule has 0 saturated heterocycles. The molecule has 1 N–H and O–H groups in total. The molecule has 0 heterocycles. The number of hydrogen-bond acceptors (Lipinski definition) is 1. The first-order valence-electron chi connectivity index (χ1n) is 3.63. The van der Waals surface area contributed by atoms with Crippen molar-refractivity contribution in [1.82, 2.24) is 0 Å². The molecule has 1 aromatic rings. The van der Waals surface area contributed by atoms with E-state index in [1.807, 2.05) is 5.32 Å². The van der Waals surface area contributed by atoms with Gasteiger partial charge in [-0.25, -0.2) is 0 Å². The number of anilines is 1. The van der Waals surface area contributed by atoms with Gasteiger partial charge in [0.1, 0.15) is 0 Å². The van der Waals surface area contributed by atoms with Crippen molar-refractivity contribution < 1.29 is 18.0 Å². The zero-order valence-corrected chi connectivity index (χ0v) is 8.54. The van der Waals surface area contributed by atoms with Crippen molar-refractivity contribution in [2.45, 2.75) is 6.18 Å². The van der Waals surface area contributed by atoms with E-state index in [1.54, 1.807) is 0 Å². The Labute approximate surface area is 93.0 Å². The molecule has 82 valence electrons. The van der Waals surface area contributed by atoms with E-state index < -0.39 is 16.8 Å². The molecule has 0 aliphatic carbocycles. The minimum absolute atomic E-state index is 0.0555. The summed E-state index contributed by atoms with van der Waals surface area (Å²) in [5, 5.41) is 1.33. The van der Waals surface area contributed by atoms with Gasteiger partial charge in [0, 0.05) is 0 Å². The van der Waals surface area contributed by atoms with E-state index in [2.05, 4.69) is 0 Å². The molecule has 7 heteroatoms. The first kappa shape index (κ1) is 12.1. The third-order valence-electron chi connectivity index (χ3n) is 1.60. The monoisotopic (exact) mass is 257 g/mol. The third kappa shape index (κ3) is 2.54. The van der Waals surface area contributed by atoms with Crippen molar-refractivity contribution in [2.24, 2.45) is 0 Å². The molecule has 0 unspecified atom stereocenters. The zero-order valence-electron chi connectivity index (χ0n) is 7.03. The first-order chi connectivity index (χ1) is 6.88. The molecule has 0 aliphatic rings. The Morgan fingerprint density at radius 1 is 1.27 bits per heavy atom. The van der Waals surface area contributed by atoms with Gasteiger partial charge >= 0.3 is 6.18 Å². The van der Waals surface area contributed by atoms with Crippen LogP contribution in [0.25, 0.3) is 0 Å². The number of rotatable bonds is 2. The number of nitrogens with one attached hydrogen (secondary N) is 1. The highest BCUT2D eigenvalue weighted by Crippen LogP contribution is 2.41. The van der Waals surface area contributed by atoms with Crippen LogP contribution in [0, 0.1) is 0 Å². The number of benzene rings is 1. The molecule has 1 aromatic carbocycles. The van der Waals surface area contributed by atoms with E-state index in [-0.39, 0.29) is 17.1 Å². The Bertz CT molecular complexity index is 392. The minimum atomic E-state index is -4.58. The van der Waals surface area contributed by atoms with E-state index >= 15 is 0 Å². The van der Waals surface area contributed by atoms with Gasteiger partial charge in [-0.15, -0.1) is 0 Å². The third-order valence-corrected chi connectivity index (χ3v) is 2.31. The molecule has 0 spiro atoms. The van der Waals surface area contributed by atoms with Crippen molar-refractivity contribution in [3.05, 3.63) is 27.7 Å². The van der Waals surface area contributed by atoms with Gasteiger partial charge in [-0.3, -0.25) is 4.79 Å². The van der Waals surface area contributed by atoms with Gasteiger partial charge < -0.3 is 5.32 Å². The van der Waals surface area contributed by atoms with E-state index in [4.69, 9.17) is 23.2 Å². The standard InChI is InChI=1S/C8H4Cl2F3NO/c9-5-2-1-4(8(11,12)13)6(10)7(5)14-3-15/h1-3H,(H,14,15). The summed E-state index contributed by atoms with van der Waals surface area (Å²) in [4.78, 5) is 10.1. The van der Waals surface area contributed by atoms with Crippen LogP contribution in [0.3, 0.4) is 0 Å². The van der Waals surface area contributed by atoms with E-state index in [9.17, 15) is 18.0 Å². The number of alkyl halides is 3. The topological polar surface area (TPSA) is 29.1 Å². The number of carbonyl (C=O) groups excluding carboxylic acids is 1. The summed E-state index contributed by atoms with van der Waals surface area (Å²) >= 11 is 11.0. The van der Waals surface area contributed by atoms with Crippen molar-refractivity contribution in [2.75, 3.05) is 5.32 Å². The number of amides is 1. The number of hydrogen-bond donors (Lipinski definition) is 1. The molecule has 0 atom stereocenters. The second kappa shape index (κ2) is 4.28. The van der Waals surface area contributed by atoms with Gasteiger partial charge in [0.15, 0.2) is 0 Å². The second-order valence-corrected chi connectivity index (χ2v) is 3.33. The Morgan fingerprint density at radius 2 is 1.87 bits per heavy atom. The molecular formula is C8H4Cl2F3NO. The lowest BCUT2D eigenvalue weighted by Gasteiger charge is -2.12. The van der Waals surface area contributed by atoms with Gasteiger partial charge in [0.2, 0.25) is 6.41 Å². The Morgan fingerprint density at radius 3 is 2.33 bits per heavy atom. The molecule has 0 fully saturated rings. The van der Waals surface area contributed by atoms with Crippen LogP contribution in [0.4, 0.5) is 18.9 Å². The van der Waals surface area contributed by atoms with Crippen LogP contribution in [0.5, 0.6) is 0 Å². The largest absolute Gasteiger partial charge is 0.417 e. The van der Waals surface area contributed by atoms with Gasteiger partial charge in [0.05, 0.1) is 21.3 Å². The number of halogens is 5. The summed E-state index contributed by atoms with van der Waals surface area (Å²) in [6.45, 7) is 0. The summed E-state index contributed by atoms with van der Waals surface area (Å²) in [5.74, 6) is 0. The average Bonchev–Trinajstić information content (AvgIpc) is 2.09. The highest BCUT2D eigenvalue weighted by molar-refractivity contribution is 6.40. The molecule has 0 bridgehead atoms. The van der Waals surface area contributed by atoms with Crippen LogP contribution in [0.15, 0.2) is 12.1 Å². The van der Waals surface area contributed by atoms with E-state index in [0.29, 0.717) is 0 Å². The lowest BCUT2D eigenvalue weighted by Crippen LogP contribution is -2.08. The maximum absolute atomic E-state index is 12.4. The highest BCUT2D eigenvalue weighted by Gasteiger charge is 2.34. The Balaban J connectivity index is 3.34. The summed E-state index contributed by atoms with van der Waals surface area (Å²) in [5.41, 5.74) is -1.29. The fourth-order valence-corrected chi connectivity index (χ4v) is 1.55. The molecule has 0 radical (unpaired) electrons. The van der Waals surface area contributed by atoms with Gasteiger partial charge in [-0.2, -0.15) is 13.2 Å². The summed E-state index contributed by atoms with van der Waals surface area (Å²) in [6.07, 6.45) is -4.38. The van der Waals surface area contributed by atoms with Crippen LogP contribution in [0.1, 0.15) is 5.56 Å². The lowest BCUT2D eigenvalue weighted by molar-refractivity contribution is -0.137. The molecule has 15 heavy (non-hydrogen) atoms. The number of carbonyl (C=O) groups is 1. The smallest absolute Gasteiger partial charge is 0.326 e. The van der Waals surface area contributed by atoms with Gasteiger partial charge in [-0.05, 0) is 12.1 Å². The fraction of sp³-hybridized carbons (Fsp3) is 0.125. The molecular weight excluding hydrogens is 254 g/mol. The van der Waals surface area contributed by atoms with Crippen molar-refractivity contribution >= 4 is 35.3 Å². The van der Waals surface area contributed by atoms with Crippen LogP contribution in [-0.4, -0.2) is 6.41 Å². The second-order valence-electron chi connectivity index (χ2n) is 2.54. The van der Waals surface area contributed by atoms with Crippen LogP contribution >= 0.6 is 23.2 Å². The van der Waals surface area contributed by atoms with Crippen LogP contribution in [0.2, 0.25) is 10.0 Å². The molecule has 0 saturated carbocycles.